The molecule has 31 heavy (non-hydrogen) atoms. The van der Waals surface area contributed by atoms with Crippen molar-refractivity contribution in [2.45, 2.75) is 11.8 Å². The molecule has 2 aromatic heterocycles. The highest BCUT2D eigenvalue weighted by Crippen LogP contribution is 2.32. The van der Waals surface area contributed by atoms with Gasteiger partial charge in [0.05, 0.1) is 29.1 Å². The normalized spacial score (nSPS) is 11.3. The predicted molar refractivity (Wildman–Crippen MR) is 119 cm³/mol. The molecule has 0 radical (unpaired) electrons. The van der Waals surface area contributed by atoms with Gasteiger partial charge < -0.3 is 14.5 Å². The molecule has 8 heteroatoms. The lowest BCUT2D eigenvalue weighted by Crippen LogP contribution is -2.05. The number of rotatable bonds is 7. The lowest BCUT2D eigenvalue weighted by atomic mass is 10.1. The zero-order chi connectivity index (χ0) is 21.8. The van der Waals surface area contributed by atoms with Crippen molar-refractivity contribution in [3.63, 3.8) is 0 Å². The van der Waals surface area contributed by atoms with Crippen molar-refractivity contribution in [3.8, 4) is 28.3 Å². The number of methoxy groups -OCH3 is 1. The minimum atomic E-state index is -3.36. The van der Waals surface area contributed by atoms with Gasteiger partial charge in [-0.25, -0.2) is 8.42 Å². The van der Waals surface area contributed by atoms with E-state index in [1.54, 1.807) is 25.5 Å². The van der Waals surface area contributed by atoms with E-state index in [0.29, 0.717) is 17.1 Å². The topological polar surface area (TPSA) is 94.3 Å². The first-order valence-corrected chi connectivity index (χ1v) is 11.3. The van der Waals surface area contributed by atoms with Gasteiger partial charge in [-0.2, -0.15) is 4.98 Å². The van der Waals surface area contributed by atoms with Gasteiger partial charge >= 0.3 is 0 Å². The van der Waals surface area contributed by atoms with E-state index in [0.717, 1.165) is 16.8 Å². The van der Waals surface area contributed by atoms with E-state index in [1.165, 1.54) is 19.2 Å². The van der Waals surface area contributed by atoms with Crippen LogP contribution in [0.1, 0.15) is 6.92 Å². The van der Waals surface area contributed by atoms with Crippen LogP contribution in [-0.4, -0.2) is 31.2 Å². The van der Waals surface area contributed by atoms with Gasteiger partial charge in [-0.1, -0.05) is 31.2 Å². The van der Waals surface area contributed by atoms with Crippen LogP contribution < -0.4 is 10.1 Å². The fourth-order valence-corrected chi connectivity index (χ4v) is 4.00. The van der Waals surface area contributed by atoms with Crippen LogP contribution in [0.3, 0.4) is 0 Å². The summed E-state index contributed by atoms with van der Waals surface area (Å²) in [7, 11) is -1.85. The molecule has 0 spiro atoms. The summed E-state index contributed by atoms with van der Waals surface area (Å²) < 4.78 is 35.4. The van der Waals surface area contributed by atoms with Crippen LogP contribution in [0.5, 0.6) is 5.75 Å². The van der Waals surface area contributed by atoms with Gasteiger partial charge in [0, 0.05) is 17.3 Å². The Bertz CT molecular complexity index is 1300. The summed E-state index contributed by atoms with van der Waals surface area (Å²) in [5, 5.41) is 3.02. The highest BCUT2D eigenvalue weighted by Gasteiger charge is 2.16. The number of anilines is 2. The van der Waals surface area contributed by atoms with Crippen LogP contribution in [0.15, 0.2) is 82.4 Å². The summed E-state index contributed by atoms with van der Waals surface area (Å²) >= 11 is 0. The number of hydrogen-bond donors (Lipinski definition) is 1. The van der Waals surface area contributed by atoms with E-state index >= 15 is 0 Å². The van der Waals surface area contributed by atoms with Gasteiger partial charge in [0.25, 0.3) is 6.01 Å². The van der Waals surface area contributed by atoms with Crippen LogP contribution >= 0.6 is 0 Å². The molecule has 2 aromatic carbocycles. The molecule has 4 aromatic rings. The van der Waals surface area contributed by atoms with E-state index in [-0.39, 0.29) is 16.7 Å². The predicted octanol–water partition coefficient (Wildman–Crippen LogP) is 4.95. The maximum absolute atomic E-state index is 12.2. The van der Waals surface area contributed by atoms with E-state index in [9.17, 15) is 8.42 Å². The summed E-state index contributed by atoms with van der Waals surface area (Å²) in [5.74, 6) is 0.487. The Hall–Kier alpha value is -3.65. The first kappa shape index (κ1) is 20.6. The number of hydrogen-bond acceptors (Lipinski definition) is 7. The van der Waals surface area contributed by atoms with E-state index in [1.807, 2.05) is 42.5 Å². The van der Waals surface area contributed by atoms with Crippen LogP contribution in [0.2, 0.25) is 0 Å². The number of ether oxygens (including phenoxy) is 1. The highest BCUT2D eigenvalue weighted by atomic mass is 32.2. The average Bonchev–Trinajstić information content (AvgIpc) is 3.28. The van der Waals surface area contributed by atoms with Gasteiger partial charge in [-0.15, -0.1) is 0 Å². The molecule has 0 bridgehead atoms. The molecule has 7 nitrogen and oxygen atoms in total. The first-order valence-electron chi connectivity index (χ1n) is 9.65. The zero-order valence-corrected chi connectivity index (χ0v) is 17.9. The Morgan fingerprint density at radius 1 is 1.00 bits per heavy atom. The molecule has 0 unspecified atom stereocenters. The molecule has 0 saturated carbocycles. The molecule has 4 rings (SSSR count). The Labute approximate surface area is 180 Å². The van der Waals surface area contributed by atoms with Crippen molar-refractivity contribution in [1.82, 2.24) is 9.97 Å². The van der Waals surface area contributed by atoms with Crippen LogP contribution in [0.25, 0.3) is 22.5 Å². The molecular weight excluding hydrogens is 414 g/mol. The quantitative estimate of drug-likeness (QED) is 0.439. The average molecular weight is 436 g/mol. The van der Waals surface area contributed by atoms with Crippen molar-refractivity contribution < 1.29 is 17.6 Å². The molecule has 2 heterocycles. The van der Waals surface area contributed by atoms with Crippen LogP contribution in [0.4, 0.5) is 11.7 Å². The molecular formula is C23H21N3O4S. The second kappa shape index (κ2) is 8.61. The summed E-state index contributed by atoms with van der Waals surface area (Å²) in [5.41, 5.74) is 3.79. The first-order chi connectivity index (χ1) is 15.0. The standard InChI is InChI=1S/C23H21N3O4S/c1-3-31(27,28)18-10-11-22(29-2)20(14-18)25-23-26-21(15-30-23)17-8-6-7-16(13-17)19-9-4-5-12-24-19/h4-15H,3H2,1-2H3,(H,25,26). The number of sulfone groups is 1. The minimum Gasteiger partial charge on any atom is -0.495 e. The van der Waals surface area contributed by atoms with Crippen LogP contribution in [-0.2, 0) is 9.84 Å². The second-order valence-corrected chi connectivity index (χ2v) is 9.00. The van der Waals surface area contributed by atoms with Crippen molar-refractivity contribution >= 4 is 21.5 Å². The largest absolute Gasteiger partial charge is 0.495 e. The van der Waals surface area contributed by atoms with Crippen molar-refractivity contribution in [1.29, 1.82) is 0 Å². The Morgan fingerprint density at radius 2 is 1.81 bits per heavy atom. The molecule has 0 saturated heterocycles. The van der Waals surface area contributed by atoms with Gasteiger partial charge in [0.2, 0.25) is 0 Å². The molecule has 0 aliphatic heterocycles. The molecule has 0 amide bonds. The molecule has 158 valence electrons. The monoisotopic (exact) mass is 435 g/mol. The Balaban J connectivity index is 1.63. The molecule has 0 aliphatic rings. The molecule has 0 fully saturated rings. The summed E-state index contributed by atoms with van der Waals surface area (Å²) in [4.78, 5) is 9.08. The summed E-state index contributed by atoms with van der Waals surface area (Å²) in [6.45, 7) is 1.60. The number of aromatic nitrogens is 2. The Morgan fingerprint density at radius 3 is 2.52 bits per heavy atom. The third kappa shape index (κ3) is 4.44. The maximum Gasteiger partial charge on any atom is 0.299 e. The molecule has 0 atom stereocenters. The second-order valence-electron chi connectivity index (χ2n) is 6.72. The van der Waals surface area contributed by atoms with E-state index in [2.05, 4.69) is 15.3 Å². The van der Waals surface area contributed by atoms with Gasteiger partial charge in [0.1, 0.15) is 17.7 Å². The smallest absolute Gasteiger partial charge is 0.299 e. The van der Waals surface area contributed by atoms with E-state index < -0.39 is 9.84 Å². The fourth-order valence-electron chi connectivity index (χ4n) is 3.10. The molecule has 1 N–H and O–H groups in total. The number of oxazole rings is 1. The third-order valence-corrected chi connectivity index (χ3v) is 6.51. The maximum atomic E-state index is 12.2. The Kier molecular flexibility index (Phi) is 5.73. The zero-order valence-electron chi connectivity index (χ0n) is 17.1. The van der Waals surface area contributed by atoms with Gasteiger partial charge in [0.15, 0.2) is 9.84 Å². The lowest BCUT2D eigenvalue weighted by molar-refractivity contribution is 0.416. The number of pyridine rings is 1. The van der Waals surface area contributed by atoms with Crippen molar-refractivity contribution in [2.24, 2.45) is 0 Å². The number of nitrogens with zero attached hydrogens (tertiary/aromatic N) is 2. The van der Waals surface area contributed by atoms with Crippen molar-refractivity contribution in [3.05, 3.63) is 73.1 Å². The summed E-state index contributed by atoms with van der Waals surface area (Å²) in [6.07, 6.45) is 3.29. The fraction of sp³-hybridized carbons (Fsp3) is 0.130. The SMILES string of the molecule is CCS(=O)(=O)c1ccc(OC)c(Nc2nc(-c3cccc(-c4ccccn4)c3)co2)c1. The number of benzene rings is 2. The number of nitrogens with one attached hydrogen (secondary N) is 1. The minimum absolute atomic E-state index is 0.00846. The van der Waals surface area contributed by atoms with Gasteiger partial charge in [-0.3, -0.25) is 4.98 Å². The highest BCUT2D eigenvalue weighted by molar-refractivity contribution is 7.91. The van der Waals surface area contributed by atoms with Gasteiger partial charge in [-0.05, 0) is 36.4 Å². The van der Waals surface area contributed by atoms with E-state index in [4.69, 9.17) is 9.15 Å². The van der Waals surface area contributed by atoms with Crippen molar-refractivity contribution in [2.75, 3.05) is 18.2 Å². The van der Waals surface area contributed by atoms with Crippen LogP contribution in [0, 0.1) is 0 Å². The lowest BCUT2D eigenvalue weighted by Gasteiger charge is -2.10. The third-order valence-electron chi connectivity index (χ3n) is 4.77. The summed E-state index contributed by atoms with van der Waals surface area (Å²) in [6, 6.07) is 18.5. The molecule has 0 aliphatic carbocycles.